The number of rotatable bonds is 1. The number of nitrogens with two attached hydrogens (primary N) is 1. The van der Waals surface area contributed by atoms with E-state index >= 15 is 0 Å². The molecule has 42 valence electrons. The topological polar surface area (TPSA) is 49.9 Å². The van der Waals surface area contributed by atoms with Crippen LogP contribution in [0.15, 0.2) is 12.3 Å². The predicted octanol–water partition coefficient (Wildman–Crippen LogP) is 1.13. The maximum Gasteiger partial charge on any atom is 0.0192 e. The fourth-order valence-electron chi connectivity index (χ4n) is 0.0556. The van der Waals surface area contributed by atoms with E-state index < -0.39 is 0 Å². The number of hydrogen-bond donors (Lipinski definition) is 2. The molecule has 0 aliphatic carbocycles. The molecule has 0 heterocycles. The van der Waals surface area contributed by atoms with Crippen LogP contribution in [0.1, 0.15) is 13.8 Å². The van der Waals surface area contributed by atoms with Crippen molar-refractivity contribution in [1.29, 1.82) is 5.41 Å². The fraction of sp³-hybridized carbons (Fsp3) is 0.400. The second-order valence-electron chi connectivity index (χ2n) is 0.552. The normalized spacial score (nSPS) is 7.14. The summed E-state index contributed by atoms with van der Waals surface area (Å²) in [6.07, 6.45) is 3.88. The first-order valence-electron chi connectivity index (χ1n) is 2.29. The maximum atomic E-state index is 6.31. The average Bonchev–Trinajstić information content (AvgIpc) is 1.75. The highest BCUT2D eigenvalue weighted by atomic mass is 14.5. The molecule has 0 aliphatic rings. The Hall–Kier alpha value is -0.790. The standard InChI is InChI=1S/C3H6N2.C2H6/c4-2-1-3-5;1-2/h1-4H,5H2;1-2H3/b3-1-,4-2?;. The summed E-state index contributed by atoms with van der Waals surface area (Å²) in [7, 11) is 0. The summed E-state index contributed by atoms with van der Waals surface area (Å²) >= 11 is 0. The highest BCUT2D eigenvalue weighted by molar-refractivity contribution is 5.67. The molecular weight excluding hydrogens is 88.1 g/mol. The average molecular weight is 100 g/mol. The molecule has 0 bridgehead atoms. The highest BCUT2D eigenvalue weighted by Gasteiger charge is 1.43. The minimum absolute atomic E-state index is 1.12. The molecule has 0 amide bonds. The van der Waals surface area contributed by atoms with Crippen LogP contribution >= 0.6 is 0 Å². The van der Waals surface area contributed by atoms with Crippen LogP contribution in [-0.2, 0) is 0 Å². The monoisotopic (exact) mass is 100 g/mol. The van der Waals surface area contributed by atoms with Gasteiger partial charge in [0.05, 0.1) is 0 Å². The first kappa shape index (κ1) is 9.51. The van der Waals surface area contributed by atoms with Crippen molar-refractivity contribution in [1.82, 2.24) is 0 Å². The molecular formula is C5H12N2. The van der Waals surface area contributed by atoms with E-state index in [1.54, 1.807) is 0 Å². The molecule has 0 radical (unpaired) electrons. The van der Waals surface area contributed by atoms with Crippen LogP contribution in [0, 0.1) is 5.41 Å². The maximum absolute atomic E-state index is 6.31. The van der Waals surface area contributed by atoms with E-state index in [1.807, 2.05) is 13.8 Å². The zero-order chi connectivity index (χ0) is 6.12. The molecule has 0 aromatic heterocycles. The summed E-state index contributed by atoms with van der Waals surface area (Å²) in [5.74, 6) is 0. The first-order chi connectivity index (χ1) is 3.41. The van der Waals surface area contributed by atoms with Crippen molar-refractivity contribution >= 4 is 6.21 Å². The van der Waals surface area contributed by atoms with Gasteiger partial charge in [-0.3, -0.25) is 0 Å². The van der Waals surface area contributed by atoms with Crippen LogP contribution < -0.4 is 5.73 Å². The zero-order valence-electron chi connectivity index (χ0n) is 4.81. The molecule has 7 heavy (non-hydrogen) atoms. The summed E-state index contributed by atoms with van der Waals surface area (Å²) in [6.45, 7) is 4.00. The Morgan fingerprint density at radius 3 is 1.86 bits per heavy atom. The third-order valence-corrected chi connectivity index (χ3v) is 0.207. The largest absolute Gasteiger partial charge is 0.405 e. The third kappa shape index (κ3) is 36.7. The molecule has 0 rings (SSSR count). The minimum Gasteiger partial charge on any atom is -0.405 e. The summed E-state index contributed by atoms with van der Waals surface area (Å²) in [4.78, 5) is 0. The van der Waals surface area contributed by atoms with Gasteiger partial charge in [-0.05, 0) is 12.3 Å². The van der Waals surface area contributed by atoms with Gasteiger partial charge in [-0.1, -0.05) is 13.8 Å². The number of nitrogens with one attached hydrogen (secondary N) is 1. The lowest BCUT2D eigenvalue weighted by Gasteiger charge is -1.57. The van der Waals surface area contributed by atoms with Gasteiger partial charge in [0, 0.05) is 6.21 Å². The lowest BCUT2D eigenvalue weighted by atomic mass is 10.7. The van der Waals surface area contributed by atoms with Crippen LogP contribution in [0.5, 0.6) is 0 Å². The van der Waals surface area contributed by atoms with Crippen molar-refractivity contribution in [3.8, 4) is 0 Å². The summed E-state index contributed by atoms with van der Waals surface area (Å²) in [6, 6.07) is 0. The van der Waals surface area contributed by atoms with Gasteiger partial charge >= 0.3 is 0 Å². The van der Waals surface area contributed by atoms with Crippen molar-refractivity contribution in [2.45, 2.75) is 13.8 Å². The van der Waals surface area contributed by atoms with Crippen molar-refractivity contribution < 1.29 is 0 Å². The third-order valence-electron chi connectivity index (χ3n) is 0.207. The van der Waals surface area contributed by atoms with E-state index in [4.69, 9.17) is 11.1 Å². The van der Waals surface area contributed by atoms with Crippen LogP contribution in [0.4, 0.5) is 0 Å². The van der Waals surface area contributed by atoms with Gasteiger partial charge in [0.2, 0.25) is 0 Å². The van der Waals surface area contributed by atoms with E-state index in [0.29, 0.717) is 0 Å². The smallest absolute Gasteiger partial charge is 0.0192 e. The molecule has 0 atom stereocenters. The van der Waals surface area contributed by atoms with Crippen molar-refractivity contribution in [2.24, 2.45) is 5.73 Å². The summed E-state index contributed by atoms with van der Waals surface area (Å²) in [5, 5.41) is 6.31. The molecule has 0 unspecified atom stereocenters. The van der Waals surface area contributed by atoms with Crippen LogP contribution in [0.3, 0.4) is 0 Å². The molecule has 0 spiro atoms. The Labute approximate surface area is 44.5 Å². The molecule has 2 heteroatoms. The van der Waals surface area contributed by atoms with Gasteiger partial charge in [0.25, 0.3) is 0 Å². The van der Waals surface area contributed by atoms with Gasteiger partial charge in [0.15, 0.2) is 0 Å². The fourth-order valence-corrected chi connectivity index (χ4v) is 0.0556. The van der Waals surface area contributed by atoms with Crippen LogP contribution in [0.2, 0.25) is 0 Å². The molecule has 0 saturated carbocycles. The van der Waals surface area contributed by atoms with Crippen molar-refractivity contribution in [3.05, 3.63) is 12.3 Å². The lowest BCUT2D eigenvalue weighted by Crippen LogP contribution is -1.73. The van der Waals surface area contributed by atoms with Gasteiger partial charge < -0.3 is 11.1 Å². The molecule has 3 N–H and O–H groups in total. The van der Waals surface area contributed by atoms with E-state index in [2.05, 4.69) is 0 Å². The highest BCUT2D eigenvalue weighted by Crippen LogP contribution is 1.45. The van der Waals surface area contributed by atoms with E-state index in [-0.39, 0.29) is 0 Å². The van der Waals surface area contributed by atoms with Crippen molar-refractivity contribution in [3.63, 3.8) is 0 Å². The van der Waals surface area contributed by atoms with Crippen molar-refractivity contribution in [2.75, 3.05) is 0 Å². The second kappa shape index (κ2) is 18.9. The Morgan fingerprint density at radius 2 is 1.86 bits per heavy atom. The van der Waals surface area contributed by atoms with Gasteiger partial charge in [-0.2, -0.15) is 0 Å². The van der Waals surface area contributed by atoms with Gasteiger partial charge in [-0.25, -0.2) is 0 Å². The van der Waals surface area contributed by atoms with E-state index in [0.717, 1.165) is 6.21 Å². The SMILES string of the molecule is CC.N=C/C=C\N. The molecule has 0 aromatic rings. The molecule has 0 fully saturated rings. The minimum atomic E-state index is 1.12. The summed E-state index contributed by atoms with van der Waals surface area (Å²) in [5.41, 5.74) is 4.81. The molecule has 0 aromatic carbocycles. The van der Waals surface area contributed by atoms with Gasteiger partial charge in [0.1, 0.15) is 0 Å². The molecule has 0 aliphatic heterocycles. The Balaban J connectivity index is 0. The Morgan fingerprint density at radius 1 is 1.43 bits per heavy atom. The lowest BCUT2D eigenvalue weighted by molar-refractivity contribution is 1.50. The molecule has 2 nitrogen and oxygen atoms in total. The zero-order valence-corrected chi connectivity index (χ0v) is 4.81. The molecule has 0 saturated heterocycles. The number of hydrogen-bond acceptors (Lipinski definition) is 2. The van der Waals surface area contributed by atoms with E-state index in [1.165, 1.54) is 12.3 Å². The summed E-state index contributed by atoms with van der Waals surface area (Å²) < 4.78 is 0. The number of allylic oxidation sites excluding steroid dienone is 1. The second-order valence-corrected chi connectivity index (χ2v) is 0.552. The predicted molar refractivity (Wildman–Crippen MR) is 33.5 cm³/mol. The van der Waals surface area contributed by atoms with Crippen LogP contribution in [-0.4, -0.2) is 6.21 Å². The Bertz CT molecular complexity index is 48.0. The van der Waals surface area contributed by atoms with E-state index in [9.17, 15) is 0 Å². The first-order valence-corrected chi connectivity index (χ1v) is 2.29. The van der Waals surface area contributed by atoms with Gasteiger partial charge in [-0.15, -0.1) is 0 Å². The Kier molecular flexibility index (Phi) is 25.7. The quantitative estimate of drug-likeness (QED) is 0.477. The van der Waals surface area contributed by atoms with Crippen LogP contribution in [0.25, 0.3) is 0 Å².